The molecule has 1 N–H and O–H groups in total. The lowest BCUT2D eigenvalue weighted by molar-refractivity contribution is 0.140. The van der Waals surface area contributed by atoms with Crippen molar-refractivity contribution in [3.05, 3.63) is 28.6 Å². The van der Waals surface area contributed by atoms with Gasteiger partial charge in [-0.25, -0.2) is 22.8 Å². The first-order chi connectivity index (χ1) is 10.1. The van der Waals surface area contributed by atoms with E-state index in [1.54, 1.807) is 18.3 Å². The summed E-state index contributed by atoms with van der Waals surface area (Å²) in [5, 5.41) is 11.2. The Hall–Kier alpha value is -1.90. The number of nitrogens with one attached hydrogen (secondary N) is 1. The van der Waals surface area contributed by atoms with E-state index in [0.29, 0.717) is 10.0 Å². The van der Waals surface area contributed by atoms with Gasteiger partial charge in [-0.05, 0) is 28.1 Å². The Morgan fingerprint density at radius 1 is 1.33 bits per heavy atom. The highest BCUT2D eigenvalue weighted by Gasteiger charge is 2.19. The van der Waals surface area contributed by atoms with Gasteiger partial charge >= 0.3 is 0 Å². The minimum absolute atomic E-state index is 0.129. The van der Waals surface area contributed by atoms with Gasteiger partial charge in [-0.3, -0.25) is 5.10 Å². The van der Waals surface area contributed by atoms with Crippen LogP contribution in [0.2, 0.25) is 0 Å². The molecule has 0 saturated heterocycles. The molecule has 0 spiro atoms. The minimum Gasteiger partial charge on any atom is -0.277 e. The molecule has 0 fully saturated rings. The van der Waals surface area contributed by atoms with Crippen LogP contribution in [0, 0.1) is 0 Å². The molecule has 2 heterocycles. The molecule has 0 unspecified atom stereocenters. The third-order valence-corrected chi connectivity index (χ3v) is 3.56. The summed E-state index contributed by atoms with van der Waals surface area (Å²) in [7, 11) is 0. The van der Waals surface area contributed by atoms with Crippen molar-refractivity contribution >= 4 is 26.8 Å². The smallest absolute Gasteiger partial charge is 0.277 e. The van der Waals surface area contributed by atoms with E-state index < -0.39 is 18.9 Å². The van der Waals surface area contributed by atoms with Gasteiger partial charge in [0, 0.05) is 15.4 Å². The van der Waals surface area contributed by atoms with Crippen LogP contribution in [0.1, 0.15) is 12.2 Å². The van der Waals surface area contributed by atoms with Crippen molar-refractivity contribution in [2.45, 2.75) is 13.0 Å². The molecule has 0 aliphatic heterocycles. The van der Waals surface area contributed by atoms with E-state index in [1.807, 2.05) is 0 Å². The van der Waals surface area contributed by atoms with Crippen LogP contribution in [0.4, 0.5) is 13.2 Å². The SMILES string of the molecule is FCCn1nc(C(F)F)nc1-c1cc(Br)c2[nH]ncc2c1. The van der Waals surface area contributed by atoms with Gasteiger partial charge in [-0.2, -0.15) is 5.10 Å². The van der Waals surface area contributed by atoms with Crippen LogP contribution in [0.5, 0.6) is 0 Å². The Balaban J connectivity index is 2.16. The second-order valence-corrected chi connectivity index (χ2v) is 5.15. The number of hydrogen-bond acceptors (Lipinski definition) is 3. The fourth-order valence-corrected chi connectivity index (χ4v) is 2.61. The molecular weight excluding hydrogens is 351 g/mol. The number of aromatic amines is 1. The highest BCUT2D eigenvalue weighted by atomic mass is 79.9. The van der Waals surface area contributed by atoms with E-state index in [1.165, 1.54) is 0 Å². The van der Waals surface area contributed by atoms with Gasteiger partial charge in [0.15, 0.2) is 5.82 Å². The first kappa shape index (κ1) is 14.1. The Bertz CT molecular complexity index is 782. The highest BCUT2D eigenvalue weighted by Crippen LogP contribution is 2.30. The molecule has 3 rings (SSSR count). The van der Waals surface area contributed by atoms with Crippen LogP contribution >= 0.6 is 15.9 Å². The van der Waals surface area contributed by atoms with Crippen molar-refractivity contribution < 1.29 is 13.2 Å². The monoisotopic (exact) mass is 359 g/mol. The molecular formula is C12H9BrF3N5. The Morgan fingerprint density at radius 2 is 2.14 bits per heavy atom. The maximum atomic E-state index is 12.7. The van der Waals surface area contributed by atoms with Crippen molar-refractivity contribution in [2.75, 3.05) is 6.67 Å². The molecule has 3 aromatic rings. The second-order valence-electron chi connectivity index (χ2n) is 4.30. The number of aromatic nitrogens is 5. The van der Waals surface area contributed by atoms with Gasteiger partial charge in [-0.1, -0.05) is 0 Å². The maximum absolute atomic E-state index is 12.7. The Morgan fingerprint density at radius 3 is 2.86 bits per heavy atom. The summed E-state index contributed by atoms with van der Waals surface area (Å²) >= 11 is 3.37. The molecule has 0 radical (unpaired) electrons. The zero-order valence-corrected chi connectivity index (χ0v) is 12.1. The van der Waals surface area contributed by atoms with E-state index in [0.717, 1.165) is 15.6 Å². The number of halogens is 4. The molecule has 0 aliphatic rings. The number of aryl methyl sites for hydroxylation is 1. The number of alkyl halides is 3. The van der Waals surface area contributed by atoms with Crippen LogP contribution in [0.25, 0.3) is 22.3 Å². The van der Waals surface area contributed by atoms with Crippen LogP contribution in [0.15, 0.2) is 22.8 Å². The van der Waals surface area contributed by atoms with Crippen molar-refractivity contribution in [3.63, 3.8) is 0 Å². The standard InChI is InChI=1S/C12H9BrF3N5/c13-8-4-6(3-7-5-17-19-9(7)8)12-18-11(10(15)16)20-21(12)2-1-14/h3-5,10H,1-2H2,(H,17,19). The lowest BCUT2D eigenvalue weighted by Crippen LogP contribution is -2.04. The van der Waals surface area contributed by atoms with Crippen molar-refractivity contribution in [2.24, 2.45) is 0 Å². The first-order valence-electron chi connectivity index (χ1n) is 6.02. The lowest BCUT2D eigenvalue weighted by Gasteiger charge is -2.04. The average molecular weight is 360 g/mol. The van der Waals surface area contributed by atoms with Crippen molar-refractivity contribution in [1.82, 2.24) is 25.0 Å². The van der Waals surface area contributed by atoms with Gasteiger partial charge in [-0.15, -0.1) is 5.10 Å². The largest absolute Gasteiger partial charge is 0.299 e. The lowest BCUT2D eigenvalue weighted by atomic mass is 10.1. The molecule has 0 amide bonds. The molecule has 0 saturated carbocycles. The molecule has 110 valence electrons. The van der Waals surface area contributed by atoms with Crippen LogP contribution < -0.4 is 0 Å². The fraction of sp³-hybridized carbons (Fsp3) is 0.250. The number of hydrogen-bond donors (Lipinski definition) is 1. The van der Waals surface area contributed by atoms with E-state index in [4.69, 9.17) is 0 Å². The van der Waals surface area contributed by atoms with Gasteiger partial charge in [0.25, 0.3) is 6.43 Å². The quantitative estimate of drug-likeness (QED) is 0.775. The fourth-order valence-electron chi connectivity index (χ4n) is 2.04. The van der Waals surface area contributed by atoms with Crippen LogP contribution in [-0.4, -0.2) is 31.6 Å². The van der Waals surface area contributed by atoms with Crippen LogP contribution in [0.3, 0.4) is 0 Å². The predicted molar refractivity (Wildman–Crippen MR) is 73.7 cm³/mol. The van der Waals surface area contributed by atoms with Gasteiger partial charge < -0.3 is 0 Å². The first-order valence-corrected chi connectivity index (χ1v) is 6.81. The maximum Gasteiger partial charge on any atom is 0.299 e. The van der Waals surface area contributed by atoms with Crippen molar-refractivity contribution in [1.29, 1.82) is 0 Å². The zero-order chi connectivity index (χ0) is 15.0. The third kappa shape index (κ3) is 2.53. The van der Waals surface area contributed by atoms with Gasteiger partial charge in [0.2, 0.25) is 5.82 Å². The number of benzene rings is 1. The highest BCUT2D eigenvalue weighted by molar-refractivity contribution is 9.10. The summed E-state index contributed by atoms with van der Waals surface area (Å²) in [5.74, 6) is -0.409. The topological polar surface area (TPSA) is 59.4 Å². The second kappa shape index (κ2) is 5.47. The van der Waals surface area contributed by atoms with E-state index in [9.17, 15) is 13.2 Å². The Kier molecular flexibility index (Phi) is 3.66. The molecule has 0 aliphatic carbocycles. The zero-order valence-electron chi connectivity index (χ0n) is 10.5. The number of nitrogens with zero attached hydrogens (tertiary/aromatic N) is 4. The summed E-state index contributed by atoms with van der Waals surface area (Å²) in [6.45, 7) is -0.843. The summed E-state index contributed by atoms with van der Waals surface area (Å²) < 4.78 is 39.9. The van der Waals surface area contributed by atoms with E-state index in [-0.39, 0.29) is 12.4 Å². The van der Waals surface area contributed by atoms with Gasteiger partial charge in [0.1, 0.15) is 6.67 Å². The summed E-state index contributed by atoms with van der Waals surface area (Å²) in [5.41, 5.74) is 1.34. The summed E-state index contributed by atoms with van der Waals surface area (Å²) in [6, 6.07) is 3.44. The normalized spacial score (nSPS) is 11.7. The summed E-state index contributed by atoms with van der Waals surface area (Å²) in [6.07, 6.45) is -1.20. The molecule has 0 bridgehead atoms. The molecule has 9 heteroatoms. The molecule has 2 aromatic heterocycles. The number of H-pyrrole nitrogens is 1. The number of rotatable bonds is 4. The molecule has 1 aromatic carbocycles. The van der Waals surface area contributed by atoms with E-state index >= 15 is 0 Å². The average Bonchev–Trinajstić information content (AvgIpc) is 3.05. The Labute approximate surface area is 125 Å². The third-order valence-electron chi connectivity index (χ3n) is 2.94. The van der Waals surface area contributed by atoms with Crippen LogP contribution in [-0.2, 0) is 6.54 Å². The molecule has 5 nitrogen and oxygen atoms in total. The number of fused-ring (bicyclic) bond motifs is 1. The molecule has 21 heavy (non-hydrogen) atoms. The minimum atomic E-state index is -2.80. The molecule has 0 atom stereocenters. The summed E-state index contributed by atoms with van der Waals surface area (Å²) in [4.78, 5) is 3.81. The predicted octanol–water partition coefficient (Wildman–Crippen LogP) is 3.49. The van der Waals surface area contributed by atoms with E-state index in [2.05, 4.69) is 36.2 Å². The van der Waals surface area contributed by atoms with Gasteiger partial charge in [0.05, 0.1) is 18.3 Å². The van der Waals surface area contributed by atoms with Crippen molar-refractivity contribution in [3.8, 4) is 11.4 Å².